The van der Waals surface area contributed by atoms with Gasteiger partial charge >= 0.3 is 0 Å². The van der Waals surface area contributed by atoms with Gasteiger partial charge in [0, 0.05) is 12.0 Å². The number of nitrogens with one attached hydrogen (secondary N) is 2. The van der Waals surface area contributed by atoms with Crippen LogP contribution in [0.15, 0.2) is 12.3 Å². The van der Waals surface area contributed by atoms with Crippen molar-refractivity contribution in [1.82, 2.24) is 5.32 Å². The Hall–Kier alpha value is -0.720. The van der Waals surface area contributed by atoms with E-state index in [1.165, 1.54) is 6.08 Å². The minimum atomic E-state index is -0.136. The van der Waals surface area contributed by atoms with E-state index in [1.807, 2.05) is 0 Å². The maximum Gasteiger partial charge on any atom is 0.138 e. The van der Waals surface area contributed by atoms with Crippen molar-refractivity contribution in [3.63, 3.8) is 0 Å². The third-order valence-electron chi connectivity index (χ3n) is 1.44. The number of ether oxygens (including phenoxy) is 1. The van der Waals surface area contributed by atoms with Gasteiger partial charge in [0.1, 0.15) is 17.5 Å². The number of amidine groups is 1. The summed E-state index contributed by atoms with van der Waals surface area (Å²) < 4.78 is 5.33. The van der Waals surface area contributed by atoms with E-state index >= 15 is 0 Å². The van der Waals surface area contributed by atoms with Crippen LogP contribution in [0.4, 0.5) is 0 Å². The van der Waals surface area contributed by atoms with Crippen LogP contribution >= 0.6 is 11.8 Å². The fourth-order valence-corrected chi connectivity index (χ4v) is 1.77. The van der Waals surface area contributed by atoms with Gasteiger partial charge in [-0.25, -0.2) is 0 Å². The normalized spacial score (nSPS) is 28.1. The molecular weight excluding hydrogens is 190 g/mol. The quantitative estimate of drug-likeness (QED) is 0.363. The zero-order valence-electron chi connectivity index (χ0n) is 7.06. The molecule has 74 valence electrons. The molecule has 0 saturated carbocycles. The van der Waals surface area contributed by atoms with Gasteiger partial charge in [0.25, 0.3) is 0 Å². The molecule has 0 aromatic heterocycles. The lowest BCUT2D eigenvalue weighted by Gasteiger charge is -2.10. The van der Waals surface area contributed by atoms with Gasteiger partial charge in [0.05, 0.1) is 6.61 Å². The van der Waals surface area contributed by atoms with Crippen LogP contribution in [0.3, 0.4) is 0 Å². The van der Waals surface area contributed by atoms with Crippen molar-refractivity contribution in [2.45, 2.75) is 11.7 Å². The molecule has 5 nitrogen and oxygen atoms in total. The second-order valence-corrected chi connectivity index (χ2v) is 3.72. The Balaban J connectivity index is 2.20. The highest BCUT2D eigenvalue weighted by Gasteiger charge is 2.23. The molecule has 0 unspecified atom stereocenters. The molecular formula is C7H13N3O2S. The zero-order chi connectivity index (χ0) is 9.68. The average Bonchev–Trinajstić information content (AvgIpc) is 2.52. The fourth-order valence-electron chi connectivity index (χ4n) is 0.885. The third-order valence-corrected chi connectivity index (χ3v) is 2.57. The molecule has 1 heterocycles. The minimum Gasteiger partial charge on any atom is -0.393 e. The van der Waals surface area contributed by atoms with Crippen molar-refractivity contribution in [1.29, 1.82) is 5.41 Å². The van der Waals surface area contributed by atoms with E-state index in [0.717, 1.165) is 5.75 Å². The number of aliphatic hydroxyl groups excluding tert-OH is 1. The third kappa shape index (κ3) is 3.67. The molecule has 1 saturated heterocycles. The van der Waals surface area contributed by atoms with Crippen molar-refractivity contribution in [3.8, 4) is 0 Å². The molecule has 13 heavy (non-hydrogen) atoms. The first-order valence-electron chi connectivity index (χ1n) is 3.87. The summed E-state index contributed by atoms with van der Waals surface area (Å²) in [7, 11) is 0. The summed E-state index contributed by atoms with van der Waals surface area (Å²) in [5.41, 5.74) is 4.97. The van der Waals surface area contributed by atoms with Gasteiger partial charge in [-0.15, -0.1) is 11.8 Å². The lowest BCUT2D eigenvalue weighted by molar-refractivity contribution is 0.0249. The first-order chi connectivity index (χ1) is 6.22. The van der Waals surface area contributed by atoms with Crippen LogP contribution in [0, 0.1) is 5.41 Å². The Morgan fingerprint density at radius 3 is 3.15 bits per heavy atom. The summed E-state index contributed by atoms with van der Waals surface area (Å²) in [5.74, 6) is 0.782. The molecule has 1 aliphatic rings. The monoisotopic (exact) mass is 203 g/mol. The molecule has 1 rings (SSSR count). The summed E-state index contributed by atoms with van der Waals surface area (Å²) in [4.78, 5) is 0. The number of thioether (sulfide) groups is 1. The van der Waals surface area contributed by atoms with Crippen molar-refractivity contribution in [2.75, 3.05) is 12.4 Å². The molecule has 0 bridgehead atoms. The average molecular weight is 203 g/mol. The molecule has 5 N–H and O–H groups in total. The molecule has 0 aromatic carbocycles. The topological polar surface area (TPSA) is 91.4 Å². The molecule has 0 amide bonds. The van der Waals surface area contributed by atoms with Crippen LogP contribution < -0.4 is 11.1 Å². The first-order valence-corrected chi connectivity index (χ1v) is 4.92. The van der Waals surface area contributed by atoms with Crippen molar-refractivity contribution < 1.29 is 9.84 Å². The van der Waals surface area contributed by atoms with Gasteiger partial charge in [-0.05, 0) is 6.08 Å². The predicted molar refractivity (Wildman–Crippen MR) is 52.4 cm³/mol. The van der Waals surface area contributed by atoms with Gasteiger partial charge in [-0.1, -0.05) is 0 Å². The number of aliphatic hydroxyl groups is 1. The number of nitrogens with two attached hydrogens (primary N) is 1. The summed E-state index contributed by atoms with van der Waals surface area (Å²) in [6.07, 6.45) is 2.92. The summed E-state index contributed by atoms with van der Waals surface area (Å²) >= 11 is 1.56. The summed E-state index contributed by atoms with van der Waals surface area (Å²) in [6, 6.07) is 0. The molecule has 6 heteroatoms. The fraction of sp³-hybridized carbons (Fsp3) is 0.571. The van der Waals surface area contributed by atoms with E-state index in [0.29, 0.717) is 0 Å². The van der Waals surface area contributed by atoms with E-state index < -0.39 is 0 Å². The molecule has 2 atom stereocenters. The molecule has 0 aromatic rings. The number of hydrogen-bond acceptors (Lipinski definition) is 5. The van der Waals surface area contributed by atoms with E-state index in [1.54, 1.807) is 18.0 Å². The Morgan fingerprint density at radius 1 is 1.85 bits per heavy atom. The van der Waals surface area contributed by atoms with Crippen molar-refractivity contribution >= 4 is 17.6 Å². The molecule has 1 fully saturated rings. The number of hydrogen-bond donors (Lipinski definition) is 4. The van der Waals surface area contributed by atoms with Crippen LogP contribution in [0.5, 0.6) is 0 Å². The van der Waals surface area contributed by atoms with E-state index in [4.69, 9.17) is 21.0 Å². The van der Waals surface area contributed by atoms with E-state index in [-0.39, 0.29) is 24.1 Å². The largest absolute Gasteiger partial charge is 0.393 e. The second kappa shape index (κ2) is 5.11. The van der Waals surface area contributed by atoms with Crippen LogP contribution in [0.2, 0.25) is 0 Å². The predicted octanol–water partition coefficient (Wildman–Crippen LogP) is -0.566. The summed E-state index contributed by atoms with van der Waals surface area (Å²) in [5, 5.41) is 18.6. The standard InChI is InChI=1S/C7H13N3O2S/c8-5(9)1-2-10-6-4-13-7(3-11)12-6/h1-2,6-7,10-11H,3-4H2,(H3,8,9)/b2-1-/t6-,7+/m1/s1. The maximum absolute atomic E-state index is 8.75. The highest BCUT2D eigenvalue weighted by atomic mass is 32.2. The van der Waals surface area contributed by atoms with Gasteiger partial charge in [0.15, 0.2) is 0 Å². The molecule has 0 radical (unpaired) electrons. The van der Waals surface area contributed by atoms with E-state index in [9.17, 15) is 0 Å². The Morgan fingerprint density at radius 2 is 2.62 bits per heavy atom. The van der Waals surface area contributed by atoms with Crippen molar-refractivity contribution in [2.24, 2.45) is 5.73 Å². The lowest BCUT2D eigenvalue weighted by Crippen LogP contribution is -2.27. The molecule has 1 aliphatic heterocycles. The Bertz CT molecular complexity index is 210. The Labute approximate surface area is 80.8 Å². The Kier molecular flexibility index (Phi) is 4.07. The van der Waals surface area contributed by atoms with E-state index in [2.05, 4.69) is 5.32 Å². The molecule has 0 spiro atoms. The summed E-state index contributed by atoms with van der Waals surface area (Å²) in [6.45, 7) is 0.0271. The minimum absolute atomic E-state index is 0.00291. The van der Waals surface area contributed by atoms with Crippen molar-refractivity contribution in [3.05, 3.63) is 12.3 Å². The van der Waals surface area contributed by atoms with Crippen LogP contribution in [-0.4, -0.2) is 35.0 Å². The molecule has 0 aliphatic carbocycles. The smallest absolute Gasteiger partial charge is 0.138 e. The lowest BCUT2D eigenvalue weighted by atomic mass is 10.5. The van der Waals surface area contributed by atoms with Crippen LogP contribution in [0.25, 0.3) is 0 Å². The first kappa shape index (κ1) is 10.4. The van der Waals surface area contributed by atoms with Gasteiger partial charge < -0.3 is 20.9 Å². The van der Waals surface area contributed by atoms with Gasteiger partial charge in [-0.2, -0.15) is 0 Å². The van der Waals surface area contributed by atoms with Crippen LogP contribution in [0.1, 0.15) is 0 Å². The SMILES string of the molecule is N=C(N)/C=C\N[C@H]1CS[C@@H](CO)O1. The number of rotatable bonds is 4. The van der Waals surface area contributed by atoms with Crippen LogP contribution in [-0.2, 0) is 4.74 Å². The zero-order valence-corrected chi connectivity index (χ0v) is 7.88. The second-order valence-electron chi connectivity index (χ2n) is 2.53. The highest BCUT2D eigenvalue weighted by molar-refractivity contribution is 8.00. The maximum atomic E-state index is 8.75. The highest BCUT2D eigenvalue weighted by Crippen LogP contribution is 2.22. The van der Waals surface area contributed by atoms with Gasteiger partial charge in [-0.3, -0.25) is 5.41 Å². The van der Waals surface area contributed by atoms with Gasteiger partial charge in [0.2, 0.25) is 0 Å².